The van der Waals surface area contributed by atoms with Gasteiger partial charge in [0.05, 0.1) is 0 Å². The molecule has 7 heteroatoms. The molecule has 0 bridgehead atoms. The molecular weight excluding hydrogens is 418 g/mol. The molecule has 0 aliphatic carbocycles. The molecule has 0 atom stereocenters. The number of carbonyl (C=O) groups excluding carboxylic acids is 1. The predicted molar refractivity (Wildman–Crippen MR) is 129 cm³/mol. The number of amides is 1. The molecule has 1 amide bonds. The van der Waals surface area contributed by atoms with E-state index in [9.17, 15) is 4.79 Å². The Bertz CT molecular complexity index is 1060. The van der Waals surface area contributed by atoms with Crippen molar-refractivity contribution in [2.24, 2.45) is 0 Å². The van der Waals surface area contributed by atoms with E-state index in [2.05, 4.69) is 51.5 Å². The number of hydrogen-bond donors (Lipinski definition) is 0. The minimum absolute atomic E-state index is 0.116. The summed E-state index contributed by atoms with van der Waals surface area (Å²) in [7, 11) is 2.09. The van der Waals surface area contributed by atoms with E-state index in [1.54, 1.807) is 11.8 Å². The maximum Gasteiger partial charge on any atom is 0.253 e. The zero-order chi connectivity index (χ0) is 22.3. The van der Waals surface area contributed by atoms with Crippen molar-refractivity contribution in [3.05, 3.63) is 89.8 Å². The number of benzene rings is 2. The highest BCUT2D eigenvalue weighted by atomic mass is 32.2. The highest BCUT2D eigenvalue weighted by molar-refractivity contribution is 7.98. The maximum atomic E-state index is 12.9. The van der Waals surface area contributed by atoms with Gasteiger partial charge in [0, 0.05) is 50.5 Å². The lowest BCUT2D eigenvalue weighted by Gasteiger charge is -2.32. The molecular formula is C25H29N5OS. The van der Waals surface area contributed by atoms with Crippen molar-refractivity contribution >= 4 is 17.7 Å². The molecule has 2 aromatic carbocycles. The average Bonchev–Trinajstić information content (AvgIpc) is 3.20. The standard InChI is InChI=1S/C25H29N5OS/c1-3-12-30-23(18-20-8-5-4-6-9-20)26-27-25(30)32-19-21-10-7-11-22(17-21)24(31)29-15-13-28(2)14-16-29/h3-11,17H,1,12-16,18-19H2,2H3. The van der Waals surface area contributed by atoms with Gasteiger partial charge in [0.1, 0.15) is 5.82 Å². The molecule has 0 radical (unpaired) electrons. The first kappa shape index (κ1) is 22.3. The second-order valence-electron chi connectivity index (χ2n) is 8.04. The SMILES string of the molecule is C=CCn1c(Cc2ccccc2)nnc1SCc1cccc(C(=O)N2CCN(C)CC2)c1. The number of carbonyl (C=O) groups is 1. The van der Waals surface area contributed by atoms with Gasteiger partial charge < -0.3 is 14.4 Å². The molecule has 0 spiro atoms. The van der Waals surface area contributed by atoms with Crippen LogP contribution in [0.5, 0.6) is 0 Å². The minimum Gasteiger partial charge on any atom is -0.336 e. The van der Waals surface area contributed by atoms with Gasteiger partial charge in [-0.15, -0.1) is 16.8 Å². The normalized spacial score (nSPS) is 14.5. The summed E-state index contributed by atoms with van der Waals surface area (Å²) in [5.74, 6) is 1.77. The molecule has 0 N–H and O–H groups in total. The summed E-state index contributed by atoms with van der Waals surface area (Å²) in [4.78, 5) is 17.1. The number of piperazine rings is 1. The third-order valence-corrected chi connectivity index (χ3v) is 6.68. The Morgan fingerprint density at radius 3 is 2.53 bits per heavy atom. The van der Waals surface area contributed by atoms with Crippen molar-refractivity contribution in [3.8, 4) is 0 Å². The third kappa shape index (κ3) is 5.47. The molecule has 2 heterocycles. The number of allylic oxidation sites excluding steroid dienone is 1. The van der Waals surface area contributed by atoms with Gasteiger partial charge in [0.25, 0.3) is 5.91 Å². The number of thioether (sulfide) groups is 1. The van der Waals surface area contributed by atoms with E-state index in [0.717, 1.165) is 60.5 Å². The van der Waals surface area contributed by atoms with Crippen molar-refractivity contribution < 1.29 is 4.79 Å². The van der Waals surface area contributed by atoms with E-state index < -0.39 is 0 Å². The van der Waals surface area contributed by atoms with Gasteiger partial charge in [-0.3, -0.25) is 4.79 Å². The monoisotopic (exact) mass is 447 g/mol. The van der Waals surface area contributed by atoms with Crippen LogP contribution >= 0.6 is 11.8 Å². The number of nitrogens with zero attached hydrogens (tertiary/aromatic N) is 5. The quantitative estimate of drug-likeness (QED) is 0.389. The highest BCUT2D eigenvalue weighted by Crippen LogP contribution is 2.24. The zero-order valence-corrected chi connectivity index (χ0v) is 19.3. The lowest BCUT2D eigenvalue weighted by atomic mass is 10.1. The largest absolute Gasteiger partial charge is 0.336 e. The van der Waals surface area contributed by atoms with Crippen molar-refractivity contribution in [1.29, 1.82) is 0 Å². The summed E-state index contributed by atoms with van der Waals surface area (Å²) in [6.07, 6.45) is 2.61. The number of aromatic nitrogens is 3. The van der Waals surface area contributed by atoms with Crippen LogP contribution in [0.1, 0.15) is 27.3 Å². The van der Waals surface area contributed by atoms with Crippen molar-refractivity contribution in [1.82, 2.24) is 24.6 Å². The van der Waals surface area contributed by atoms with Crippen LogP contribution in [0, 0.1) is 0 Å². The van der Waals surface area contributed by atoms with Crippen LogP contribution in [-0.2, 0) is 18.7 Å². The fourth-order valence-electron chi connectivity index (χ4n) is 3.78. The van der Waals surface area contributed by atoms with Crippen molar-refractivity contribution in [2.45, 2.75) is 23.9 Å². The fraction of sp³-hybridized carbons (Fsp3) is 0.320. The van der Waals surface area contributed by atoms with Crippen LogP contribution < -0.4 is 0 Å². The smallest absolute Gasteiger partial charge is 0.253 e. The first-order valence-corrected chi connectivity index (χ1v) is 11.9. The molecule has 1 aliphatic rings. The van der Waals surface area contributed by atoms with Gasteiger partial charge in [0.2, 0.25) is 0 Å². The van der Waals surface area contributed by atoms with E-state index in [1.807, 2.05) is 47.4 Å². The van der Waals surface area contributed by atoms with Gasteiger partial charge >= 0.3 is 0 Å². The second kappa shape index (κ2) is 10.6. The summed E-state index contributed by atoms with van der Waals surface area (Å²) in [5, 5.41) is 9.73. The Kier molecular flexibility index (Phi) is 7.39. The van der Waals surface area contributed by atoms with Gasteiger partial charge in [0.15, 0.2) is 5.16 Å². The Balaban J connectivity index is 1.44. The molecule has 0 saturated carbocycles. The van der Waals surface area contributed by atoms with Crippen molar-refractivity contribution in [3.63, 3.8) is 0 Å². The summed E-state index contributed by atoms with van der Waals surface area (Å²) in [5.41, 5.74) is 3.06. The fourth-order valence-corrected chi connectivity index (χ4v) is 4.69. The molecule has 1 saturated heterocycles. The van der Waals surface area contributed by atoms with E-state index in [4.69, 9.17) is 0 Å². The molecule has 1 fully saturated rings. The average molecular weight is 448 g/mol. The minimum atomic E-state index is 0.116. The molecule has 166 valence electrons. The Hall–Kier alpha value is -2.90. The van der Waals surface area contributed by atoms with Crippen LogP contribution in [0.3, 0.4) is 0 Å². The Morgan fingerprint density at radius 2 is 1.78 bits per heavy atom. The molecule has 1 aliphatic heterocycles. The maximum absolute atomic E-state index is 12.9. The topological polar surface area (TPSA) is 54.3 Å². The van der Waals surface area contributed by atoms with Crippen molar-refractivity contribution in [2.75, 3.05) is 33.2 Å². The highest BCUT2D eigenvalue weighted by Gasteiger charge is 2.20. The zero-order valence-electron chi connectivity index (χ0n) is 18.5. The third-order valence-electron chi connectivity index (χ3n) is 5.64. The Morgan fingerprint density at radius 1 is 1.03 bits per heavy atom. The van der Waals surface area contributed by atoms with Gasteiger partial charge in [-0.05, 0) is 30.3 Å². The predicted octanol–water partition coefficient (Wildman–Crippen LogP) is 3.73. The molecule has 1 aromatic heterocycles. The Labute approximate surface area is 193 Å². The number of rotatable bonds is 8. The summed E-state index contributed by atoms with van der Waals surface area (Å²) in [6, 6.07) is 18.2. The molecule has 6 nitrogen and oxygen atoms in total. The summed E-state index contributed by atoms with van der Waals surface area (Å²) in [6.45, 7) is 7.96. The number of hydrogen-bond acceptors (Lipinski definition) is 5. The lowest BCUT2D eigenvalue weighted by Crippen LogP contribution is -2.47. The molecule has 32 heavy (non-hydrogen) atoms. The van der Waals surface area contributed by atoms with Gasteiger partial charge in [-0.25, -0.2) is 0 Å². The van der Waals surface area contributed by atoms with E-state index in [-0.39, 0.29) is 5.91 Å². The molecule has 4 rings (SSSR count). The van der Waals surface area contributed by atoms with Crippen LogP contribution in [0.25, 0.3) is 0 Å². The lowest BCUT2D eigenvalue weighted by molar-refractivity contribution is 0.0664. The van der Waals surface area contributed by atoms with Crippen LogP contribution in [0.4, 0.5) is 0 Å². The second-order valence-corrected chi connectivity index (χ2v) is 8.99. The number of likely N-dealkylation sites (N-methyl/N-ethyl adjacent to an activating group) is 1. The van der Waals surface area contributed by atoms with E-state index >= 15 is 0 Å². The van der Waals surface area contributed by atoms with Gasteiger partial charge in [-0.1, -0.05) is 60.3 Å². The summed E-state index contributed by atoms with van der Waals surface area (Å²) < 4.78 is 2.11. The first-order valence-electron chi connectivity index (χ1n) is 10.9. The summed E-state index contributed by atoms with van der Waals surface area (Å²) >= 11 is 1.64. The van der Waals surface area contributed by atoms with Crippen LogP contribution in [0.15, 0.2) is 72.4 Å². The molecule has 0 unspecified atom stereocenters. The first-order chi connectivity index (χ1) is 15.6. The van der Waals surface area contributed by atoms with E-state index in [1.165, 1.54) is 5.56 Å². The van der Waals surface area contributed by atoms with Crippen LogP contribution in [-0.4, -0.2) is 63.7 Å². The molecule has 3 aromatic rings. The van der Waals surface area contributed by atoms with Gasteiger partial charge in [-0.2, -0.15) is 0 Å². The van der Waals surface area contributed by atoms with Crippen LogP contribution in [0.2, 0.25) is 0 Å². The van der Waals surface area contributed by atoms with E-state index in [0.29, 0.717) is 6.54 Å².